The third-order valence-electron chi connectivity index (χ3n) is 2.57. The van der Waals surface area contributed by atoms with Gasteiger partial charge in [0.1, 0.15) is 6.61 Å². The Balaban J connectivity index is 2.14. The quantitative estimate of drug-likeness (QED) is 0.628. The molecule has 0 radical (unpaired) electrons. The summed E-state index contributed by atoms with van der Waals surface area (Å²) >= 11 is 0. The topological polar surface area (TPSA) is 24.6 Å². The predicted octanol–water partition coefficient (Wildman–Crippen LogP) is 2.76. The van der Waals surface area contributed by atoms with Gasteiger partial charge >= 0.3 is 0 Å². The Bertz CT molecular complexity index is 451. The molecule has 2 aliphatic heterocycles. The second-order valence-electron chi connectivity index (χ2n) is 3.62. The highest BCUT2D eigenvalue weighted by Gasteiger charge is 2.22. The number of fused-ring (bicyclic) bond motifs is 1. The van der Waals surface area contributed by atoms with Gasteiger partial charge in [-0.3, -0.25) is 0 Å². The lowest BCUT2D eigenvalue weighted by Gasteiger charge is -2.18. The van der Waals surface area contributed by atoms with Crippen LogP contribution >= 0.6 is 0 Å². The van der Waals surface area contributed by atoms with Crippen LogP contribution in [0.2, 0.25) is 0 Å². The molecule has 0 spiro atoms. The van der Waals surface area contributed by atoms with Crippen molar-refractivity contribution < 1.29 is 4.74 Å². The molecule has 2 heterocycles. The number of hydrogen-bond donors (Lipinski definition) is 1. The number of allylic oxidation sites excluding steroid dienone is 2. The molecule has 0 bridgehead atoms. The van der Waals surface area contributed by atoms with Crippen LogP contribution in [-0.2, 0) is 4.74 Å². The van der Waals surface area contributed by atoms with Gasteiger partial charge in [0.2, 0.25) is 0 Å². The summed E-state index contributed by atoms with van der Waals surface area (Å²) in [5.41, 5.74) is 4.85. The maximum absolute atomic E-state index is 5.18. The third kappa shape index (κ3) is 1.11. The van der Waals surface area contributed by atoms with E-state index in [4.69, 9.17) is 4.74 Å². The number of nitrogens with one attached hydrogen (secondary N) is 1. The number of benzene rings is 1. The molecule has 70 valence electrons. The molecule has 2 heteroatoms. The molecule has 0 amide bonds. The predicted molar refractivity (Wildman–Crippen MR) is 56.7 cm³/mol. The molecule has 1 aromatic carbocycles. The monoisotopic (exact) mass is 185 g/mol. The molecule has 14 heavy (non-hydrogen) atoms. The summed E-state index contributed by atoms with van der Waals surface area (Å²) in [7, 11) is 0. The van der Waals surface area contributed by atoms with Crippen molar-refractivity contribution in [3.8, 4) is 0 Å². The summed E-state index contributed by atoms with van der Waals surface area (Å²) in [5.74, 6) is 1.07. The van der Waals surface area contributed by atoms with Crippen LogP contribution in [0.1, 0.15) is 12.5 Å². The molecule has 1 N–H and O–H groups in total. The van der Waals surface area contributed by atoms with Gasteiger partial charge in [0.15, 0.2) is 5.76 Å². The molecule has 3 rings (SSSR count). The Morgan fingerprint density at radius 3 is 2.86 bits per heavy atom. The molecular weight excluding hydrogens is 174 g/mol. The van der Waals surface area contributed by atoms with Gasteiger partial charge < -0.3 is 10.1 Å². The molecule has 0 atom stereocenters. The lowest BCUT2D eigenvalue weighted by molar-refractivity contribution is 0.508. The fraction of sp³-hybridized carbons (Fsp3) is 0.167. The minimum Gasteiger partial charge on any atom is -0.484 e. The largest absolute Gasteiger partial charge is 0.484 e. The number of rotatable bonds is 0. The first-order chi connectivity index (χ1) is 6.84. The zero-order valence-electron chi connectivity index (χ0n) is 8.00. The molecule has 1 saturated heterocycles. The average molecular weight is 185 g/mol. The molecule has 2 nitrogen and oxygen atoms in total. The molecular formula is C12H11NO. The van der Waals surface area contributed by atoms with Crippen LogP contribution in [0.25, 0.3) is 5.57 Å². The highest BCUT2D eigenvalue weighted by molar-refractivity contribution is 5.82. The van der Waals surface area contributed by atoms with Crippen molar-refractivity contribution in [2.45, 2.75) is 6.92 Å². The van der Waals surface area contributed by atoms with Gasteiger partial charge in [0.05, 0.1) is 5.70 Å². The second-order valence-corrected chi connectivity index (χ2v) is 3.62. The van der Waals surface area contributed by atoms with Gasteiger partial charge in [-0.05, 0) is 24.6 Å². The maximum Gasteiger partial charge on any atom is 0.157 e. The Kier molecular flexibility index (Phi) is 1.45. The highest BCUT2D eigenvalue weighted by atomic mass is 16.6. The Hall–Kier alpha value is -1.70. The fourth-order valence-electron chi connectivity index (χ4n) is 1.75. The lowest BCUT2D eigenvalue weighted by Crippen LogP contribution is -2.05. The van der Waals surface area contributed by atoms with E-state index in [2.05, 4.69) is 36.5 Å². The van der Waals surface area contributed by atoms with Crippen LogP contribution in [0.15, 0.2) is 41.8 Å². The van der Waals surface area contributed by atoms with E-state index in [0.717, 1.165) is 18.1 Å². The van der Waals surface area contributed by atoms with E-state index < -0.39 is 0 Å². The Morgan fingerprint density at radius 1 is 1.29 bits per heavy atom. The van der Waals surface area contributed by atoms with Gasteiger partial charge in [-0.25, -0.2) is 0 Å². The minimum atomic E-state index is 0.772. The van der Waals surface area contributed by atoms with Crippen LogP contribution in [-0.4, -0.2) is 6.61 Å². The zero-order valence-corrected chi connectivity index (χ0v) is 8.00. The molecule has 0 aromatic heterocycles. The van der Waals surface area contributed by atoms with E-state index in [0.29, 0.717) is 0 Å². The molecule has 2 aliphatic rings. The van der Waals surface area contributed by atoms with Crippen molar-refractivity contribution in [3.63, 3.8) is 0 Å². The van der Waals surface area contributed by atoms with Crippen LogP contribution in [0.5, 0.6) is 0 Å². The van der Waals surface area contributed by atoms with E-state index in [1.54, 1.807) is 0 Å². The van der Waals surface area contributed by atoms with E-state index in [-0.39, 0.29) is 0 Å². The van der Waals surface area contributed by atoms with Crippen LogP contribution in [0.3, 0.4) is 0 Å². The van der Waals surface area contributed by atoms with Crippen molar-refractivity contribution in [1.29, 1.82) is 0 Å². The number of epoxide rings is 1. The van der Waals surface area contributed by atoms with Crippen LogP contribution in [0.4, 0.5) is 5.69 Å². The van der Waals surface area contributed by atoms with Gasteiger partial charge in [0, 0.05) is 11.3 Å². The highest BCUT2D eigenvalue weighted by Crippen LogP contribution is 2.33. The first kappa shape index (κ1) is 7.68. The Morgan fingerprint density at radius 2 is 2.07 bits per heavy atom. The van der Waals surface area contributed by atoms with E-state index in [1.807, 2.05) is 6.07 Å². The van der Waals surface area contributed by atoms with Crippen LogP contribution < -0.4 is 5.32 Å². The smallest absolute Gasteiger partial charge is 0.157 e. The fourth-order valence-corrected chi connectivity index (χ4v) is 1.75. The standard InChI is InChI=1S/C12H11NO/c1-8-6-11(12-7-14-12)13-10-5-3-2-4-9(8)10/h2-6,13H,7H2,1H3. The van der Waals surface area contributed by atoms with Crippen LogP contribution in [0, 0.1) is 0 Å². The summed E-state index contributed by atoms with van der Waals surface area (Å²) in [6.07, 6.45) is 2.14. The molecule has 0 aliphatic carbocycles. The summed E-state index contributed by atoms with van der Waals surface area (Å²) in [6, 6.07) is 8.32. The second kappa shape index (κ2) is 2.64. The van der Waals surface area contributed by atoms with E-state index in [9.17, 15) is 0 Å². The molecule has 0 unspecified atom stereocenters. The number of anilines is 1. The SMILES string of the molecule is CC1=CC(=C2CO2)Nc2ccccc21. The van der Waals surface area contributed by atoms with E-state index >= 15 is 0 Å². The first-order valence-corrected chi connectivity index (χ1v) is 4.75. The van der Waals surface area contributed by atoms with Crippen molar-refractivity contribution >= 4 is 11.3 Å². The Labute approximate surface area is 82.9 Å². The lowest BCUT2D eigenvalue weighted by atomic mass is 10.0. The van der Waals surface area contributed by atoms with E-state index in [1.165, 1.54) is 16.8 Å². The molecule has 0 saturated carbocycles. The summed E-state index contributed by atoms with van der Waals surface area (Å²) in [4.78, 5) is 0. The number of hydrogen-bond acceptors (Lipinski definition) is 2. The van der Waals surface area contributed by atoms with Gasteiger partial charge in [-0.1, -0.05) is 18.2 Å². The summed E-state index contributed by atoms with van der Waals surface area (Å²) in [5, 5.41) is 3.37. The van der Waals surface area contributed by atoms with Crippen molar-refractivity contribution in [2.24, 2.45) is 0 Å². The summed E-state index contributed by atoms with van der Waals surface area (Å²) < 4.78 is 5.18. The van der Waals surface area contributed by atoms with Gasteiger partial charge in [0.25, 0.3) is 0 Å². The summed E-state index contributed by atoms with van der Waals surface area (Å²) in [6.45, 7) is 2.90. The average Bonchev–Trinajstić information content (AvgIpc) is 3.01. The van der Waals surface area contributed by atoms with Crippen molar-refractivity contribution in [1.82, 2.24) is 0 Å². The molecule has 1 fully saturated rings. The van der Waals surface area contributed by atoms with Gasteiger partial charge in [-0.15, -0.1) is 0 Å². The maximum atomic E-state index is 5.18. The first-order valence-electron chi connectivity index (χ1n) is 4.75. The van der Waals surface area contributed by atoms with Crippen molar-refractivity contribution in [2.75, 3.05) is 11.9 Å². The molecule has 1 aromatic rings. The van der Waals surface area contributed by atoms with Gasteiger partial charge in [-0.2, -0.15) is 0 Å². The number of ether oxygens (including phenoxy) is 1. The number of para-hydroxylation sites is 1. The minimum absolute atomic E-state index is 0.772. The van der Waals surface area contributed by atoms with Crippen molar-refractivity contribution in [3.05, 3.63) is 47.4 Å². The third-order valence-corrected chi connectivity index (χ3v) is 2.57. The normalized spacial score (nSPS) is 23.1. The zero-order chi connectivity index (χ0) is 9.54.